The van der Waals surface area contributed by atoms with Crippen molar-refractivity contribution in [3.05, 3.63) is 54.2 Å². The first-order chi connectivity index (χ1) is 13.1. The lowest BCUT2D eigenvalue weighted by molar-refractivity contribution is -0.120. The predicted molar refractivity (Wildman–Crippen MR) is 111 cm³/mol. The first-order valence-corrected chi connectivity index (χ1v) is 11.0. The van der Waals surface area contributed by atoms with Crippen LogP contribution in [0.4, 0.5) is 5.69 Å². The van der Waals surface area contributed by atoms with E-state index in [1.807, 2.05) is 18.2 Å². The highest BCUT2D eigenvalue weighted by molar-refractivity contribution is 8.76. The molecule has 0 spiro atoms. The topological polar surface area (TPSA) is 91.3 Å². The lowest BCUT2D eigenvalue weighted by atomic mass is 10.2. The standard InChI is InChI=1S/C19H23N3O3S2/c23-17(10-14-26-27-18-5-1-2-13-22-18)21-12-4-3-11-20-16-8-6-15(7-9-16)19(24)25/h1-2,5-9,13,20H,3-4,10-12,14H2,(H,21,23)(H,24,25). The van der Waals surface area contributed by atoms with Crippen LogP contribution in [0, 0.1) is 0 Å². The minimum Gasteiger partial charge on any atom is -0.478 e. The van der Waals surface area contributed by atoms with Gasteiger partial charge in [0.25, 0.3) is 0 Å². The smallest absolute Gasteiger partial charge is 0.335 e. The molecule has 27 heavy (non-hydrogen) atoms. The summed E-state index contributed by atoms with van der Waals surface area (Å²) < 4.78 is 0. The highest BCUT2D eigenvalue weighted by Crippen LogP contribution is 2.29. The third-order valence-corrected chi connectivity index (χ3v) is 5.85. The van der Waals surface area contributed by atoms with E-state index in [2.05, 4.69) is 15.6 Å². The van der Waals surface area contributed by atoms with E-state index >= 15 is 0 Å². The fourth-order valence-electron chi connectivity index (χ4n) is 2.16. The fourth-order valence-corrected chi connectivity index (χ4v) is 4.03. The van der Waals surface area contributed by atoms with E-state index in [1.54, 1.807) is 52.1 Å². The Hall–Kier alpha value is -2.19. The van der Waals surface area contributed by atoms with E-state index in [-0.39, 0.29) is 11.5 Å². The molecule has 144 valence electrons. The van der Waals surface area contributed by atoms with Gasteiger partial charge in [-0.15, -0.1) is 0 Å². The van der Waals surface area contributed by atoms with Gasteiger partial charge >= 0.3 is 5.97 Å². The second-order valence-corrected chi connectivity index (χ2v) is 8.13. The van der Waals surface area contributed by atoms with Crippen LogP contribution in [0.3, 0.4) is 0 Å². The van der Waals surface area contributed by atoms with Crippen molar-refractivity contribution in [1.82, 2.24) is 10.3 Å². The molecule has 2 aromatic rings. The third-order valence-electron chi connectivity index (χ3n) is 3.58. The van der Waals surface area contributed by atoms with E-state index in [0.717, 1.165) is 35.9 Å². The second-order valence-electron chi connectivity index (χ2n) is 5.69. The number of pyridine rings is 1. The van der Waals surface area contributed by atoms with Gasteiger partial charge in [-0.1, -0.05) is 16.9 Å². The molecule has 0 saturated heterocycles. The summed E-state index contributed by atoms with van der Waals surface area (Å²) in [6.45, 7) is 1.44. The zero-order valence-corrected chi connectivity index (χ0v) is 16.5. The summed E-state index contributed by atoms with van der Waals surface area (Å²) in [7, 11) is 3.21. The molecule has 0 aliphatic rings. The number of nitrogens with one attached hydrogen (secondary N) is 2. The summed E-state index contributed by atoms with van der Waals surface area (Å²) in [4.78, 5) is 26.8. The number of carbonyl (C=O) groups is 2. The molecule has 1 aromatic carbocycles. The number of benzene rings is 1. The third kappa shape index (κ3) is 8.83. The molecule has 0 radical (unpaired) electrons. The maximum atomic E-state index is 11.8. The van der Waals surface area contributed by atoms with Crippen LogP contribution in [0.1, 0.15) is 29.6 Å². The fraction of sp³-hybridized carbons (Fsp3) is 0.316. The molecule has 0 aliphatic heterocycles. The first-order valence-electron chi connectivity index (χ1n) is 8.69. The van der Waals surface area contributed by atoms with E-state index in [0.29, 0.717) is 13.0 Å². The Morgan fingerprint density at radius 3 is 2.52 bits per heavy atom. The van der Waals surface area contributed by atoms with E-state index in [1.165, 1.54) is 0 Å². The van der Waals surface area contributed by atoms with Gasteiger partial charge in [0.05, 0.1) is 5.56 Å². The molecule has 0 fully saturated rings. The Bertz CT molecular complexity index is 712. The Balaban J connectivity index is 1.46. The molecule has 6 nitrogen and oxygen atoms in total. The number of hydrogen-bond acceptors (Lipinski definition) is 6. The Kier molecular flexibility index (Phi) is 9.57. The molecule has 0 atom stereocenters. The van der Waals surface area contributed by atoms with Crippen LogP contribution in [0.2, 0.25) is 0 Å². The highest BCUT2D eigenvalue weighted by Gasteiger charge is 2.03. The average molecular weight is 406 g/mol. The Morgan fingerprint density at radius 1 is 1.04 bits per heavy atom. The molecule has 1 aromatic heterocycles. The second kappa shape index (κ2) is 12.2. The number of unbranched alkanes of at least 4 members (excludes halogenated alkanes) is 1. The van der Waals surface area contributed by atoms with Crippen molar-refractivity contribution in [2.24, 2.45) is 0 Å². The van der Waals surface area contributed by atoms with Crippen molar-refractivity contribution in [3.63, 3.8) is 0 Å². The van der Waals surface area contributed by atoms with Gasteiger partial charge in [-0.25, -0.2) is 9.78 Å². The maximum Gasteiger partial charge on any atom is 0.335 e. The van der Waals surface area contributed by atoms with E-state index in [4.69, 9.17) is 5.11 Å². The zero-order chi connectivity index (χ0) is 19.3. The van der Waals surface area contributed by atoms with E-state index < -0.39 is 5.97 Å². The summed E-state index contributed by atoms with van der Waals surface area (Å²) in [5.74, 6) is -0.103. The lowest BCUT2D eigenvalue weighted by Gasteiger charge is -2.08. The molecule has 0 bridgehead atoms. The van der Waals surface area contributed by atoms with Crippen LogP contribution < -0.4 is 10.6 Å². The van der Waals surface area contributed by atoms with Gasteiger partial charge in [0, 0.05) is 37.1 Å². The molecule has 0 unspecified atom stereocenters. The molecule has 1 amide bonds. The van der Waals surface area contributed by atoms with Gasteiger partial charge in [-0.2, -0.15) is 0 Å². The first kappa shape index (κ1) is 21.1. The number of nitrogens with zero attached hydrogens (tertiary/aromatic N) is 1. The molecule has 1 heterocycles. The molecule has 0 aliphatic carbocycles. The monoisotopic (exact) mass is 405 g/mol. The molecular formula is C19H23N3O3S2. The number of anilines is 1. The molecular weight excluding hydrogens is 382 g/mol. The normalized spacial score (nSPS) is 10.4. The van der Waals surface area contributed by atoms with Crippen molar-refractivity contribution >= 4 is 39.2 Å². The summed E-state index contributed by atoms with van der Waals surface area (Å²) >= 11 is 0. The maximum absolute atomic E-state index is 11.8. The van der Waals surface area contributed by atoms with Crippen LogP contribution in [0.15, 0.2) is 53.7 Å². The van der Waals surface area contributed by atoms with Gasteiger partial charge in [-0.3, -0.25) is 4.79 Å². The molecule has 8 heteroatoms. The van der Waals surface area contributed by atoms with Crippen LogP contribution in [0.25, 0.3) is 0 Å². The summed E-state index contributed by atoms with van der Waals surface area (Å²) in [6, 6.07) is 12.4. The van der Waals surface area contributed by atoms with E-state index in [9.17, 15) is 9.59 Å². The average Bonchev–Trinajstić information content (AvgIpc) is 2.69. The predicted octanol–water partition coefficient (Wildman–Crippen LogP) is 3.92. The number of carbonyl (C=O) groups excluding carboxylic acids is 1. The lowest BCUT2D eigenvalue weighted by Crippen LogP contribution is -2.24. The van der Waals surface area contributed by atoms with Crippen LogP contribution >= 0.6 is 21.6 Å². The van der Waals surface area contributed by atoms with Crippen molar-refractivity contribution < 1.29 is 14.7 Å². The Labute approximate surface area is 166 Å². The number of carboxylic acid groups (broad SMARTS) is 1. The molecule has 0 saturated carbocycles. The number of hydrogen-bond donors (Lipinski definition) is 3. The molecule has 2 rings (SSSR count). The summed E-state index contributed by atoms with van der Waals surface area (Å²) in [5, 5.41) is 16.0. The SMILES string of the molecule is O=C(CCSSc1ccccn1)NCCCCNc1ccc(C(=O)O)cc1. The van der Waals surface area contributed by atoms with Crippen LogP contribution in [-0.2, 0) is 4.79 Å². The number of carboxylic acids is 1. The van der Waals surface area contributed by atoms with Gasteiger partial charge < -0.3 is 15.7 Å². The van der Waals surface area contributed by atoms with Crippen molar-refractivity contribution in [3.8, 4) is 0 Å². The number of rotatable bonds is 12. The summed E-state index contributed by atoms with van der Waals surface area (Å²) in [6.07, 6.45) is 4.07. The van der Waals surface area contributed by atoms with Gasteiger partial charge in [0.1, 0.15) is 5.03 Å². The zero-order valence-electron chi connectivity index (χ0n) is 14.9. The van der Waals surface area contributed by atoms with Gasteiger partial charge in [-0.05, 0) is 60.0 Å². The number of amides is 1. The Morgan fingerprint density at radius 2 is 1.81 bits per heavy atom. The number of aromatic carboxylic acids is 1. The van der Waals surface area contributed by atoms with Gasteiger partial charge in [0.15, 0.2) is 0 Å². The largest absolute Gasteiger partial charge is 0.478 e. The minimum atomic E-state index is -0.925. The quantitative estimate of drug-likeness (QED) is 0.364. The summed E-state index contributed by atoms with van der Waals surface area (Å²) in [5.41, 5.74) is 1.17. The molecule has 3 N–H and O–H groups in total. The minimum absolute atomic E-state index is 0.0707. The van der Waals surface area contributed by atoms with Crippen molar-refractivity contribution in [2.45, 2.75) is 24.3 Å². The number of aromatic nitrogens is 1. The van der Waals surface area contributed by atoms with Crippen LogP contribution in [-0.4, -0.2) is 40.8 Å². The van der Waals surface area contributed by atoms with Gasteiger partial charge in [0.2, 0.25) is 5.91 Å². The van der Waals surface area contributed by atoms with Crippen LogP contribution in [0.5, 0.6) is 0 Å². The van der Waals surface area contributed by atoms with Crippen molar-refractivity contribution in [1.29, 1.82) is 0 Å². The highest BCUT2D eigenvalue weighted by atomic mass is 33.1. The van der Waals surface area contributed by atoms with Crippen molar-refractivity contribution in [2.75, 3.05) is 24.2 Å².